The topological polar surface area (TPSA) is 47.5 Å². The summed E-state index contributed by atoms with van der Waals surface area (Å²) in [5, 5.41) is 2.11. The SMILES string of the molecule is COCCN(CCOC)c1nc(SC)nc2sc3c(c12)CCCC3. The highest BCUT2D eigenvalue weighted by atomic mass is 32.2. The predicted molar refractivity (Wildman–Crippen MR) is 102 cm³/mol. The summed E-state index contributed by atoms with van der Waals surface area (Å²) in [7, 11) is 3.48. The van der Waals surface area contributed by atoms with Crippen LogP contribution in [0, 0.1) is 0 Å². The van der Waals surface area contributed by atoms with E-state index in [1.165, 1.54) is 35.1 Å². The first-order valence-electron chi connectivity index (χ1n) is 8.37. The molecule has 1 aliphatic rings. The number of thiophene rings is 1. The van der Waals surface area contributed by atoms with Crippen molar-refractivity contribution in [3.05, 3.63) is 10.4 Å². The van der Waals surface area contributed by atoms with Crippen LogP contribution in [-0.4, -0.2) is 56.7 Å². The monoisotopic (exact) mass is 367 g/mol. The molecule has 5 nitrogen and oxygen atoms in total. The van der Waals surface area contributed by atoms with Crippen molar-refractivity contribution in [1.82, 2.24) is 9.97 Å². The van der Waals surface area contributed by atoms with E-state index in [2.05, 4.69) is 4.90 Å². The van der Waals surface area contributed by atoms with Gasteiger partial charge < -0.3 is 14.4 Å². The van der Waals surface area contributed by atoms with Crippen LogP contribution in [0.4, 0.5) is 5.82 Å². The van der Waals surface area contributed by atoms with Crippen molar-refractivity contribution in [2.45, 2.75) is 30.8 Å². The van der Waals surface area contributed by atoms with Gasteiger partial charge in [-0.2, -0.15) is 0 Å². The van der Waals surface area contributed by atoms with Gasteiger partial charge in [0.1, 0.15) is 10.6 Å². The van der Waals surface area contributed by atoms with E-state index < -0.39 is 0 Å². The predicted octanol–water partition coefficient (Wildman–Crippen LogP) is 3.39. The Balaban J connectivity index is 2.09. The molecule has 2 heterocycles. The number of hydrogen-bond acceptors (Lipinski definition) is 7. The van der Waals surface area contributed by atoms with Crippen molar-refractivity contribution in [1.29, 1.82) is 0 Å². The second-order valence-electron chi connectivity index (χ2n) is 5.90. The van der Waals surface area contributed by atoms with Crippen molar-refractivity contribution in [2.24, 2.45) is 0 Å². The van der Waals surface area contributed by atoms with Crippen molar-refractivity contribution < 1.29 is 9.47 Å². The smallest absolute Gasteiger partial charge is 0.190 e. The van der Waals surface area contributed by atoms with E-state index in [-0.39, 0.29) is 0 Å². The molecule has 0 aromatic carbocycles. The van der Waals surface area contributed by atoms with Gasteiger partial charge in [-0.25, -0.2) is 9.97 Å². The molecular formula is C17H25N3O2S2. The summed E-state index contributed by atoms with van der Waals surface area (Å²) in [4.78, 5) is 14.6. The summed E-state index contributed by atoms with van der Waals surface area (Å²) in [6, 6.07) is 0. The van der Waals surface area contributed by atoms with Crippen LogP contribution in [0.3, 0.4) is 0 Å². The fourth-order valence-corrected chi connectivity index (χ4v) is 4.84. The first-order valence-corrected chi connectivity index (χ1v) is 10.4. The molecule has 2 aromatic rings. The highest BCUT2D eigenvalue weighted by molar-refractivity contribution is 7.98. The molecule has 0 amide bonds. The molecule has 0 aliphatic heterocycles. The van der Waals surface area contributed by atoms with E-state index in [9.17, 15) is 0 Å². The minimum Gasteiger partial charge on any atom is -0.383 e. The average Bonchev–Trinajstić information content (AvgIpc) is 2.99. The second-order valence-corrected chi connectivity index (χ2v) is 7.75. The van der Waals surface area contributed by atoms with E-state index in [0.717, 1.165) is 35.3 Å². The third-order valence-corrected chi connectivity index (χ3v) is 6.12. The lowest BCUT2D eigenvalue weighted by Crippen LogP contribution is -2.31. The van der Waals surface area contributed by atoms with Gasteiger partial charge in [0.25, 0.3) is 0 Å². The van der Waals surface area contributed by atoms with Crippen molar-refractivity contribution in [2.75, 3.05) is 51.7 Å². The molecule has 7 heteroatoms. The zero-order chi connectivity index (χ0) is 16.9. The lowest BCUT2D eigenvalue weighted by Gasteiger charge is -2.25. The molecule has 0 unspecified atom stereocenters. The quantitative estimate of drug-likeness (QED) is 0.526. The molecule has 24 heavy (non-hydrogen) atoms. The fraction of sp³-hybridized carbons (Fsp3) is 0.647. The Labute approximate surface area is 151 Å². The van der Waals surface area contributed by atoms with Gasteiger partial charge in [0.2, 0.25) is 0 Å². The van der Waals surface area contributed by atoms with Crippen LogP contribution in [0.2, 0.25) is 0 Å². The maximum absolute atomic E-state index is 5.31. The Morgan fingerprint density at radius 2 is 1.79 bits per heavy atom. The molecule has 1 aliphatic carbocycles. The van der Waals surface area contributed by atoms with Gasteiger partial charge in [0, 0.05) is 32.2 Å². The molecule has 3 rings (SSSR count). The third-order valence-electron chi connectivity index (χ3n) is 4.39. The minimum atomic E-state index is 0.677. The van der Waals surface area contributed by atoms with Gasteiger partial charge in [-0.15, -0.1) is 11.3 Å². The number of fused-ring (bicyclic) bond motifs is 3. The van der Waals surface area contributed by atoms with Crippen LogP contribution >= 0.6 is 23.1 Å². The number of hydrogen-bond donors (Lipinski definition) is 0. The Morgan fingerprint density at radius 1 is 1.08 bits per heavy atom. The summed E-state index contributed by atoms with van der Waals surface area (Å²) in [6.07, 6.45) is 6.91. The molecule has 0 fully saturated rings. The first-order chi connectivity index (χ1) is 11.8. The Morgan fingerprint density at radius 3 is 2.46 bits per heavy atom. The molecule has 0 saturated heterocycles. The van der Waals surface area contributed by atoms with Crippen LogP contribution in [0.1, 0.15) is 23.3 Å². The van der Waals surface area contributed by atoms with Gasteiger partial charge in [0.05, 0.1) is 18.6 Å². The molecule has 2 aromatic heterocycles. The standard InChI is InChI=1S/C17H25N3O2S2/c1-21-10-8-20(9-11-22-2)15-14-12-6-4-5-7-13(12)24-16(14)19-17(18-15)23-3/h4-11H2,1-3H3. The highest BCUT2D eigenvalue weighted by Crippen LogP contribution is 2.40. The van der Waals surface area contributed by atoms with E-state index in [4.69, 9.17) is 19.4 Å². The normalized spacial score (nSPS) is 14.1. The zero-order valence-corrected chi connectivity index (χ0v) is 16.3. The van der Waals surface area contributed by atoms with Gasteiger partial charge in [0.15, 0.2) is 5.16 Å². The Hall–Kier alpha value is -0.890. The van der Waals surface area contributed by atoms with Crippen LogP contribution in [0.25, 0.3) is 10.2 Å². The van der Waals surface area contributed by atoms with Gasteiger partial charge >= 0.3 is 0 Å². The molecule has 0 N–H and O–H groups in total. The maximum atomic E-state index is 5.31. The van der Waals surface area contributed by atoms with E-state index in [1.54, 1.807) is 26.0 Å². The number of rotatable bonds is 8. The van der Waals surface area contributed by atoms with Crippen molar-refractivity contribution in [3.63, 3.8) is 0 Å². The van der Waals surface area contributed by atoms with Crippen LogP contribution in [0.5, 0.6) is 0 Å². The van der Waals surface area contributed by atoms with Gasteiger partial charge in [-0.3, -0.25) is 0 Å². The summed E-state index contributed by atoms with van der Waals surface area (Å²) in [6.45, 7) is 2.97. The summed E-state index contributed by atoms with van der Waals surface area (Å²) in [5.74, 6) is 1.05. The molecule has 0 atom stereocenters. The van der Waals surface area contributed by atoms with Crippen molar-refractivity contribution in [3.8, 4) is 0 Å². The third kappa shape index (κ3) is 3.69. The molecule has 0 spiro atoms. The fourth-order valence-electron chi connectivity index (χ4n) is 3.17. The first kappa shape index (κ1) is 17.9. The van der Waals surface area contributed by atoms with Gasteiger partial charge in [-0.05, 0) is 37.5 Å². The van der Waals surface area contributed by atoms with Crippen LogP contribution in [-0.2, 0) is 22.3 Å². The lowest BCUT2D eigenvalue weighted by atomic mass is 9.97. The van der Waals surface area contributed by atoms with Gasteiger partial charge in [-0.1, -0.05) is 11.8 Å². The Bertz CT molecular complexity index is 682. The molecule has 0 radical (unpaired) electrons. The Kier molecular flexibility index (Phi) is 6.32. The van der Waals surface area contributed by atoms with E-state index >= 15 is 0 Å². The van der Waals surface area contributed by atoms with Crippen LogP contribution < -0.4 is 4.90 Å². The molecule has 0 bridgehead atoms. The molecular weight excluding hydrogens is 342 g/mol. The number of ether oxygens (including phenoxy) is 2. The number of methoxy groups -OCH3 is 2. The number of anilines is 1. The lowest BCUT2D eigenvalue weighted by molar-refractivity contribution is 0.190. The second kappa shape index (κ2) is 8.47. The number of aromatic nitrogens is 2. The van der Waals surface area contributed by atoms with Crippen LogP contribution in [0.15, 0.2) is 5.16 Å². The van der Waals surface area contributed by atoms with E-state index in [1.807, 2.05) is 17.6 Å². The molecule has 0 saturated carbocycles. The summed E-state index contributed by atoms with van der Waals surface area (Å²) >= 11 is 3.46. The maximum Gasteiger partial charge on any atom is 0.190 e. The largest absolute Gasteiger partial charge is 0.383 e. The highest BCUT2D eigenvalue weighted by Gasteiger charge is 2.23. The number of nitrogens with zero attached hydrogens (tertiary/aromatic N) is 3. The average molecular weight is 368 g/mol. The van der Waals surface area contributed by atoms with Crippen molar-refractivity contribution >= 4 is 39.1 Å². The minimum absolute atomic E-state index is 0.677. The zero-order valence-electron chi connectivity index (χ0n) is 14.6. The molecule has 132 valence electrons. The summed E-state index contributed by atoms with van der Waals surface area (Å²) in [5.41, 5.74) is 1.48. The number of thioether (sulfide) groups is 1. The summed E-state index contributed by atoms with van der Waals surface area (Å²) < 4.78 is 10.6. The van der Waals surface area contributed by atoms with E-state index in [0.29, 0.717) is 13.2 Å². The number of aryl methyl sites for hydroxylation is 2.